The first-order valence-electron chi connectivity index (χ1n) is 7.30. The zero-order valence-corrected chi connectivity index (χ0v) is 13.6. The predicted molar refractivity (Wildman–Crippen MR) is 85.1 cm³/mol. The van der Waals surface area contributed by atoms with Crippen molar-refractivity contribution in [1.82, 2.24) is 4.90 Å². The van der Waals surface area contributed by atoms with Gasteiger partial charge in [-0.15, -0.1) is 0 Å². The normalized spacial score (nSPS) is 26.3. The number of nitrogens with zero attached hydrogens (tertiary/aromatic N) is 1. The molecule has 1 aromatic carbocycles. The van der Waals surface area contributed by atoms with Crippen LogP contribution in [0, 0.1) is 11.8 Å². The lowest BCUT2D eigenvalue weighted by Crippen LogP contribution is -2.39. The topological polar surface area (TPSA) is 29.3 Å². The monoisotopic (exact) mass is 324 g/mol. The molecule has 1 fully saturated rings. The second-order valence-corrected chi connectivity index (χ2v) is 6.81. The molecule has 0 bridgehead atoms. The molecule has 0 spiro atoms. The number of hydrogen-bond donors (Lipinski definition) is 1. The van der Waals surface area contributed by atoms with Crippen molar-refractivity contribution in [2.24, 2.45) is 17.6 Å². The Morgan fingerprint density at radius 2 is 2.05 bits per heavy atom. The van der Waals surface area contributed by atoms with Gasteiger partial charge in [0.05, 0.1) is 0 Å². The lowest BCUT2D eigenvalue weighted by atomic mass is 9.88. The lowest BCUT2D eigenvalue weighted by Gasteiger charge is -2.35. The Hall–Kier alpha value is -0.380. The fourth-order valence-corrected chi connectivity index (χ4v) is 3.38. The van der Waals surface area contributed by atoms with Crippen molar-refractivity contribution in [1.29, 1.82) is 0 Å². The molecule has 3 heteroatoms. The fraction of sp³-hybridized carbons (Fsp3) is 0.625. The van der Waals surface area contributed by atoms with Crippen molar-refractivity contribution in [3.8, 4) is 0 Å². The van der Waals surface area contributed by atoms with Crippen molar-refractivity contribution in [2.75, 3.05) is 19.6 Å². The lowest BCUT2D eigenvalue weighted by molar-refractivity contribution is 0.135. The maximum Gasteiger partial charge on any atom is 0.0318 e. The number of benzene rings is 1. The minimum absolute atomic E-state index is 0.130. The first kappa shape index (κ1) is 15.0. The molecule has 1 saturated heterocycles. The molecule has 3 unspecified atom stereocenters. The summed E-state index contributed by atoms with van der Waals surface area (Å²) >= 11 is 3.59. The molecule has 1 aliphatic rings. The molecule has 1 heterocycles. The number of hydrogen-bond acceptors (Lipinski definition) is 2. The Kier molecular flexibility index (Phi) is 5.43. The van der Waals surface area contributed by atoms with E-state index in [1.54, 1.807) is 0 Å². The average Bonchev–Trinajstić information content (AvgIpc) is 2.40. The van der Waals surface area contributed by atoms with Gasteiger partial charge in [-0.2, -0.15) is 0 Å². The van der Waals surface area contributed by atoms with Crippen molar-refractivity contribution >= 4 is 15.9 Å². The highest BCUT2D eigenvalue weighted by molar-refractivity contribution is 9.10. The van der Waals surface area contributed by atoms with Gasteiger partial charge in [-0.05, 0) is 49.4 Å². The van der Waals surface area contributed by atoms with E-state index < -0.39 is 0 Å². The van der Waals surface area contributed by atoms with Crippen LogP contribution in [0.3, 0.4) is 0 Å². The molecular weight excluding hydrogens is 300 g/mol. The molecule has 0 saturated carbocycles. The van der Waals surface area contributed by atoms with E-state index in [-0.39, 0.29) is 6.04 Å². The Labute approximate surface area is 125 Å². The molecule has 0 radical (unpaired) electrons. The van der Waals surface area contributed by atoms with Gasteiger partial charge in [0.2, 0.25) is 0 Å². The van der Waals surface area contributed by atoms with Crippen LogP contribution in [-0.2, 0) is 0 Å². The summed E-state index contributed by atoms with van der Waals surface area (Å²) in [6.07, 6.45) is 2.36. The Morgan fingerprint density at radius 1 is 1.32 bits per heavy atom. The molecule has 2 rings (SSSR count). The van der Waals surface area contributed by atoms with Crippen molar-refractivity contribution in [3.05, 3.63) is 34.3 Å². The molecule has 0 aliphatic carbocycles. The Bertz CT molecular complexity index is 407. The van der Waals surface area contributed by atoms with Gasteiger partial charge >= 0.3 is 0 Å². The van der Waals surface area contributed by atoms with E-state index in [1.165, 1.54) is 25.1 Å². The fourth-order valence-electron chi connectivity index (χ4n) is 2.81. The largest absolute Gasteiger partial charge is 0.324 e. The number of piperidine rings is 1. The molecular formula is C16H25BrN2. The second kappa shape index (κ2) is 6.87. The molecule has 2 nitrogen and oxygen atoms in total. The van der Waals surface area contributed by atoms with Gasteiger partial charge in [-0.3, -0.25) is 0 Å². The third kappa shape index (κ3) is 4.04. The molecule has 2 N–H and O–H groups in total. The van der Waals surface area contributed by atoms with Crippen LogP contribution < -0.4 is 5.73 Å². The highest BCUT2D eigenvalue weighted by Crippen LogP contribution is 2.26. The summed E-state index contributed by atoms with van der Waals surface area (Å²) < 4.78 is 1.13. The van der Waals surface area contributed by atoms with Crippen LogP contribution in [0.1, 0.15) is 38.3 Å². The Morgan fingerprint density at radius 3 is 2.74 bits per heavy atom. The number of likely N-dealkylation sites (tertiary alicyclic amines) is 1. The third-order valence-corrected chi connectivity index (χ3v) is 5.20. The van der Waals surface area contributed by atoms with Crippen molar-refractivity contribution < 1.29 is 0 Å². The number of halogens is 1. The molecule has 19 heavy (non-hydrogen) atoms. The predicted octanol–water partition coefficient (Wildman–Crippen LogP) is 3.82. The quantitative estimate of drug-likeness (QED) is 0.912. The summed E-state index contributed by atoms with van der Waals surface area (Å²) in [5.41, 5.74) is 7.54. The maximum absolute atomic E-state index is 6.32. The summed E-state index contributed by atoms with van der Waals surface area (Å²) in [7, 11) is 0. The first-order valence-corrected chi connectivity index (χ1v) is 8.09. The summed E-state index contributed by atoms with van der Waals surface area (Å²) in [6.45, 7) is 8.30. The summed E-state index contributed by atoms with van der Waals surface area (Å²) in [5, 5.41) is 0. The van der Waals surface area contributed by atoms with Gasteiger partial charge in [0, 0.05) is 17.1 Å². The zero-order valence-electron chi connectivity index (χ0n) is 12.0. The maximum atomic E-state index is 6.32. The zero-order chi connectivity index (χ0) is 13.8. The molecule has 0 aromatic heterocycles. The molecule has 3 atom stereocenters. The smallest absolute Gasteiger partial charge is 0.0318 e. The van der Waals surface area contributed by atoms with Crippen LogP contribution in [0.5, 0.6) is 0 Å². The van der Waals surface area contributed by atoms with Crippen LogP contribution in [0.4, 0.5) is 0 Å². The first-order chi connectivity index (χ1) is 9.08. The minimum atomic E-state index is 0.130. The standard InChI is InChI=1S/C16H25BrN2/c1-12-7-9-19(11-13(12)2)10-8-16(18)14-5-3-4-6-15(14)17/h3-6,12-13,16H,7-11,18H2,1-2H3. The SMILES string of the molecule is CC1CCN(CCC(N)c2ccccc2Br)CC1C. The van der Waals surface area contributed by atoms with Crippen LogP contribution >= 0.6 is 15.9 Å². The molecule has 1 aliphatic heterocycles. The average molecular weight is 325 g/mol. The van der Waals surface area contributed by atoms with Gasteiger partial charge in [-0.1, -0.05) is 48.0 Å². The summed E-state index contributed by atoms with van der Waals surface area (Å²) in [4.78, 5) is 2.57. The van der Waals surface area contributed by atoms with Crippen LogP contribution in [0.2, 0.25) is 0 Å². The molecule has 0 amide bonds. The van der Waals surface area contributed by atoms with Gasteiger partial charge in [-0.25, -0.2) is 0 Å². The van der Waals surface area contributed by atoms with Gasteiger partial charge in [0.25, 0.3) is 0 Å². The van der Waals surface area contributed by atoms with E-state index in [1.807, 2.05) is 6.07 Å². The van der Waals surface area contributed by atoms with E-state index in [9.17, 15) is 0 Å². The minimum Gasteiger partial charge on any atom is -0.324 e. The van der Waals surface area contributed by atoms with Crippen LogP contribution in [0.25, 0.3) is 0 Å². The van der Waals surface area contributed by atoms with E-state index in [2.05, 4.69) is 52.9 Å². The van der Waals surface area contributed by atoms with E-state index >= 15 is 0 Å². The Balaban J connectivity index is 1.84. The third-order valence-electron chi connectivity index (χ3n) is 4.48. The molecule has 1 aromatic rings. The summed E-state index contributed by atoms with van der Waals surface area (Å²) in [5.74, 6) is 1.68. The number of nitrogens with two attached hydrogens (primary N) is 1. The van der Waals surface area contributed by atoms with Crippen molar-refractivity contribution in [2.45, 2.75) is 32.7 Å². The van der Waals surface area contributed by atoms with E-state index in [4.69, 9.17) is 5.73 Å². The van der Waals surface area contributed by atoms with Crippen LogP contribution in [-0.4, -0.2) is 24.5 Å². The van der Waals surface area contributed by atoms with Gasteiger partial charge in [0.15, 0.2) is 0 Å². The molecule has 106 valence electrons. The summed E-state index contributed by atoms with van der Waals surface area (Å²) in [6, 6.07) is 8.42. The van der Waals surface area contributed by atoms with Gasteiger partial charge < -0.3 is 10.6 Å². The van der Waals surface area contributed by atoms with E-state index in [0.29, 0.717) is 0 Å². The van der Waals surface area contributed by atoms with E-state index in [0.717, 1.165) is 29.3 Å². The second-order valence-electron chi connectivity index (χ2n) is 5.96. The van der Waals surface area contributed by atoms with Crippen LogP contribution in [0.15, 0.2) is 28.7 Å². The van der Waals surface area contributed by atoms with Gasteiger partial charge in [0.1, 0.15) is 0 Å². The highest BCUT2D eigenvalue weighted by atomic mass is 79.9. The highest BCUT2D eigenvalue weighted by Gasteiger charge is 2.22. The van der Waals surface area contributed by atoms with Crippen molar-refractivity contribution in [3.63, 3.8) is 0 Å². The number of rotatable bonds is 4.